The molecule has 0 bridgehead atoms. The van der Waals surface area contributed by atoms with Gasteiger partial charge in [-0.05, 0) is 47.9 Å². The number of carbonyl (C=O) groups is 1. The molecular weight excluding hydrogens is 342 g/mol. The van der Waals surface area contributed by atoms with E-state index < -0.39 is 0 Å². The van der Waals surface area contributed by atoms with E-state index in [9.17, 15) is 9.59 Å². The Hall–Kier alpha value is -3.41. The van der Waals surface area contributed by atoms with Crippen LogP contribution >= 0.6 is 0 Å². The lowest BCUT2D eigenvalue weighted by Gasteiger charge is -2.08. The van der Waals surface area contributed by atoms with Crippen LogP contribution in [0, 0.1) is 0 Å². The molecule has 1 amide bonds. The maximum atomic E-state index is 12.2. The van der Waals surface area contributed by atoms with Crippen molar-refractivity contribution < 1.29 is 9.53 Å². The van der Waals surface area contributed by atoms with Crippen LogP contribution in [0.25, 0.3) is 11.3 Å². The lowest BCUT2D eigenvalue weighted by molar-refractivity contribution is -0.116. The summed E-state index contributed by atoms with van der Waals surface area (Å²) in [5, 5.41) is 2.84. The van der Waals surface area contributed by atoms with Crippen molar-refractivity contribution in [2.24, 2.45) is 0 Å². The number of ether oxygens (including phenoxy) is 1. The fourth-order valence-corrected chi connectivity index (χ4v) is 3.07. The highest BCUT2D eigenvalue weighted by molar-refractivity contribution is 5.90. The van der Waals surface area contributed by atoms with E-state index in [1.165, 1.54) is 11.6 Å². The van der Waals surface area contributed by atoms with Crippen molar-refractivity contribution in [1.29, 1.82) is 0 Å². The van der Waals surface area contributed by atoms with Gasteiger partial charge in [0.25, 0.3) is 0 Å². The number of pyridine rings is 2. The van der Waals surface area contributed by atoms with Crippen LogP contribution in [0.4, 0.5) is 5.82 Å². The number of fused-ring (bicyclic) bond motifs is 1. The van der Waals surface area contributed by atoms with Crippen LogP contribution in [-0.4, -0.2) is 22.5 Å². The molecule has 1 aliphatic heterocycles. The number of hydrogen-bond acceptors (Lipinski definition) is 4. The van der Waals surface area contributed by atoms with Crippen molar-refractivity contribution >= 4 is 11.7 Å². The van der Waals surface area contributed by atoms with Crippen molar-refractivity contribution in [1.82, 2.24) is 9.97 Å². The Balaban J connectivity index is 1.42. The Kier molecular flexibility index (Phi) is 4.70. The maximum absolute atomic E-state index is 12.2. The smallest absolute Gasteiger partial charge is 0.247 e. The first kappa shape index (κ1) is 17.0. The lowest BCUT2D eigenvalue weighted by Crippen LogP contribution is -2.14. The molecule has 0 radical (unpaired) electrons. The average Bonchev–Trinajstić information content (AvgIpc) is 3.15. The second-order valence-electron chi connectivity index (χ2n) is 6.44. The number of anilines is 1. The normalized spacial score (nSPS) is 12.3. The SMILES string of the molecule is O=C(CCc1ccc(=O)[nH]c1)Nc1cccc(-c2ccc3c(c2)CCO3)n1. The zero-order valence-corrected chi connectivity index (χ0v) is 14.7. The van der Waals surface area contributed by atoms with Crippen LogP contribution in [0.5, 0.6) is 5.75 Å². The molecule has 0 unspecified atom stereocenters. The highest BCUT2D eigenvalue weighted by Gasteiger charge is 2.13. The van der Waals surface area contributed by atoms with Gasteiger partial charge in [-0.25, -0.2) is 4.98 Å². The number of aromatic nitrogens is 2. The predicted molar refractivity (Wildman–Crippen MR) is 103 cm³/mol. The molecule has 0 atom stereocenters. The number of H-pyrrole nitrogens is 1. The summed E-state index contributed by atoms with van der Waals surface area (Å²) >= 11 is 0. The van der Waals surface area contributed by atoms with E-state index in [0.717, 1.165) is 35.6 Å². The van der Waals surface area contributed by atoms with Crippen molar-refractivity contribution in [2.75, 3.05) is 11.9 Å². The highest BCUT2D eigenvalue weighted by Crippen LogP contribution is 2.30. The maximum Gasteiger partial charge on any atom is 0.247 e. The molecule has 0 aliphatic carbocycles. The first-order valence-corrected chi connectivity index (χ1v) is 8.88. The summed E-state index contributed by atoms with van der Waals surface area (Å²) in [6.07, 6.45) is 3.40. The van der Waals surface area contributed by atoms with Crippen LogP contribution in [-0.2, 0) is 17.6 Å². The van der Waals surface area contributed by atoms with Gasteiger partial charge in [0.15, 0.2) is 0 Å². The molecular formula is C21H19N3O3. The van der Waals surface area contributed by atoms with E-state index >= 15 is 0 Å². The lowest BCUT2D eigenvalue weighted by atomic mass is 10.1. The molecule has 6 nitrogen and oxygen atoms in total. The number of hydrogen-bond donors (Lipinski definition) is 2. The molecule has 0 fully saturated rings. The Morgan fingerprint density at radius 1 is 1.19 bits per heavy atom. The molecule has 6 heteroatoms. The van der Waals surface area contributed by atoms with E-state index in [-0.39, 0.29) is 11.5 Å². The van der Waals surface area contributed by atoms with Gasteiger partial charge in [0, 0.05) is 30.7 Å². The van der Waals surface area contributed by atoms with Crippen molar-refractivity contribution in [3.05, 3.63) is 76.2 Å². The van der Waals surface area contributed by atoms with Crippen LogP contribution in [0.15, 0.2) is 59.5 Å². The van der Waals surface area contributed by atoms with Crippen LogP contribution in [0.1, 0.15) is 17.5 Å². The number of carbonyl (C=O) groups excluding carboxylic acids is 1. The van der Waals surface area contributed by atoms with Gasteiger partial charge in [-0.1, -0.05) is 12.1 Å². The van der Waals surface area contributed by atoms with Crippen molar-refractivity contribution in [3.63, 3.8) is 0 Å². The fourth-order valence-electron chi connectivity index (χ4n) is 3.07. The van der Waals surface area contributed by atoms with Gasteiger partial charge < -0.3 is 15.0 Å². The number of aryl methyl sites for hydroxylation is 1. The van der Waals surface area contributed by atoms with E-state index in [4.69, 9.17) is 4.74 Å². The second-order valence-corrected chi connectivity index (χ2v) is 6.44. The summed E-state index contributed by atoms with van der Waals surface area (Å²) < 4.78 is 5.54. The summed E-state index contributed by atoms with van der Waals surface area (Å²) in [7, 11) is 0. The summed E-state index contributed by atoms with van der Waals surface area (Å²) in [5.74, 6) is 1.34. The van der Waals surface area contributed by atoms with E-state index in [1.807, 2.05) is 24.3 Å². The third-order valence-electron chi connectivity index (χ3n) is 4.49. The quantitative estimate of drug-likeness (QED) is 0.732. The second kappa shape index (κ2) is 7.45. The fraction of sp³-hybridized carbons (Fsp3) is 0.190. The van der Waals surface area contributed by atoms with Crippen molar-refractivity contribution in [2.45, 2.75) is 19.3 Å². The number of benzene rings is 1. The summed E-state index contributed by atoms with van der Waals surface area (Å²) in [6, 6.07) is 14.8. The van der Waals surface area contributed by atoms with E-state index in [0.29, 0.717) is 18.7 Å². The van der Waals surface area contributed by atoms with Crippen LogP contribution < -0.4 is 15.6 Å². The number of amides is 1. The van der Waals surface area contributed by atoms with Gasteiger partial charge in [0.1, 0.15) is 11.6 Å². The zero-order chi connectivity index (χ0) is 18.6. The Labute approximate surface area is 156 Å². The largest absolute Gasteiger partial charge is 0.493 e. The van der Waals surface area contributed by atoms with E-state index in [1.54, 1.807) is 18.3 Å². The van der Waals surface area contributed by atoms with Gasteiger partial charge in [-0.15, -0.1) is 0 Å². The minimum atomic E-state index is -0.151. The van der Waals surface area contributed by atoms with Gasteiger partial charge >= 0.3 is 0 Å². The van der Waals surface area contributed by atoms with Gasteiger partial charge in [-0.3, -0.25) is 9.59 Å². The first-order chi connectivity index (χ1) is 13.2. The molecule has 2 aromatic heterocycles. The Morgan fingerprint density at radius 3 is 2.96 bits per heavy atom. The van der Waals surface area contributed by atoms with Gasteiger partial charge in [0.05, 0.1) is 12.3 Å². The number of nitrogens with zero attached hydrogens (tertiary/aromatic N) is 1. The molecule has 0 spiro atoms. The minimum Gasteiger partial charge on any atom is -0.493 e. The minimum absolute atomic E-state index is 0.117. The highest BCUT2D eigenvalue weighted by atomic mass is 16.5. The average molecular weight is 361 g/mol. The molecule has 4 rings (SSSR count). The predicted octanol–water partition coefficient (Wildman–Crippen LogP) is 2.94. The van der Waals surface area contributed by atoms with Crippen LogP contribution in [0.2, 0.25) is 0 Å². The molecule has 1 aliphatic rings. The third kappa shape index (κ3) is 4.06. The monoisotopic (exact) mass is 361 g/mol. The molecule has 3 heterocycles. The molecule has 3 aromatic rings. The van der Waals surface area contributed by atoms with Gasteiger partial charge in [0.2, 0.25) is 11.5 Å². The first-order valence-electron chi connectivity index (χ1n) is 8.88. The zero-order valence-electron chi connectivity index (χ0n) is 14.7. The number of nitrogens with one attached hydrogen (secondary N) is 2. The van der Waals surface area contributed by atoms with E-state index in [2.05, 4.69) is 21.4 Å². The summed E-state index contributed by atoms with van der Waals surface area (Å²) in [5.41, 5.74) is 3.76. The molecule has 2 N–H and O–H groups in total. The Morgan fingerprint density at radius 2 is 2.11 bits per heavy atom. The molecule has 0 saturated heterocycles. The van der Waals surface area contributed by atoms with Crippen LogP contribution in [0.3, 0.4) is 0 Å². The standard InChI is InChI=1S/C21H19N3O3/c25-20-8-4-14(13-22-20)5-9-21(26)24-19-3-1-2-17(23-19)15-6-7-18-16(12-15)10-11-27-18/h1-4,6-8,12-13H,5,9-11H2,(H,22,25)(H,23,24,26). The third-order valence-corrected chi connectivity index (χ3v) is 4.49. The molecule has 27 heavy (non-hydrogen) atoms. The Bertz CT molecular complexity index is 1020. The van der Waals surface area contributed by atoms with Crippen molar-refractivity contribution in [3.8, 4) is 17.0 Å². The topological polar surface area (TPSA) is 84.1 Å². The number of aromatic amines is 1. The summed E-state index contributed by atoms with van der Waals surface area (Å²) in [6.45, 7) is 0.720. The number of rotatable bonds is 5. The molecule has 136 valence electrons. The summed E-state index contributed by atoms with van der Waals surface area (Å²) in [4.78, 5) is 30.4. The molecule has 1 aromatic carbocycles. The molecule has 0 saturated carbocycles. The van der Waals surface area contributed by atoms with Gasteiger partial charge in [-0.2, -0.15) is 0 Å².